The highest BCUT2D eigenvalue weighted by atomic mass is 35.5. The molecule has 1 aromatic carbocycles. The third kappa shape index (κ3) is 7.87. The number of rotatable bonds is 11. The molecule has 0 aliphatic carbocycles. The van der Waals surface area contributed by atoms with Crippen molar-refractivity contribution in [3.05, 3.63) is 29.3 Å². The van der Waals surface area contributed by atoms with Crippen molar-refractivity contribution in [3.63, 3.8) is 0 Å². The van der Waals surface area contributed by atoms with Crippen LogP contribution in [0.25, 0.3) is 0 Å². The summed E-state index contributed by atoms with van der Waals surface area (Å²) in [6.45, 7) is 12.8. The van der Waals surface area contributed by atoms with Gasteiger partial charge in [-0.05, 0) is 43.9 Å². The number of halogens is 1. The first-order valence-electron chi connectivity index (χ1n) is 9.30. The molecular weight excluding hydrogens is 320 g/mol. The van der Waals surface area contributed by atoms with Crippen LogP contribution < -0.4 is 18.1 Å². The van der Waals surface area contributed by atoms with Gasteiger partial charge in [-0.15, -0.1) is 0 Å². The summed E-state index contributed by atoms with van der Waals surface area (Å²) in [6, 6.07) is 6.43. The van der Waals surface area contributed by atoms with E-state index in [4.69, 9.17) is 5.73 Å². The largest absolute Gasteiger partial charge is 1.00 e. The van der Waals surface area contributed by atoms with Crippen molar-refractivity contribution in [2.75, 3.05) is 31.9 Å². The number of aryl methyl sites for hydroxylation is 1. The molecule has 0 aliphatic heterocycles. The van der Waals surface area contributed by atoms with Crippen molar-refractivity contribution < 1.29 is 22.0 Å². The summed E-state index contributed by atoms with van der Waals surface area (Å²) < 4.78 is 1.03. The summed E-state index contributed by atoms with van der Waals surface area (Å²) in [7, 11) is 0. The van der Waals surface area contributed by atoms with E-state index >= 15 is 0 Å². The number of unbranched alkanes of at least 4 members (excludes halogenated alkanes) is 2. The third-order valence-corrected chi connectivity index (χ3v) is 4.84. The highest BCUT2D eigenvalue weighted by molar-refractivity contribution is 5.48. The van der Waals surface area contributed by atoms with E-state index in [0.717, 1.165) is 35.2 Å². The molecule has 24 heavy (non-hydrogen) atoms. The number of hydrogen-bond donors (Lipinski definition) is 2. The number of aliphatic hydroxyl groups excluding tert-OH is 1. The topological polar surface area (TPSA) is 46.2 Å². The van der Waals surface area contributed by atoms with Crippen LogP contribution in [0, 0.1) is 6.92 Å². The van der Waals surface area contributed by atoms with Crippen molar-refractivity contribution >= 4 is 5.69 Å². The highest BCUT2D eigenvalue weighted by Crippen LogP contribution is 2.18. The van der Waals surface area contributed by atoms with Crippen LogP contribution in [0.5, 0.6) is 0 Å². The fourth-order valence-electron chi connectivity index (χ4n) is 3.37. The predicted molar refractivity (Wildman–Crippen MR) is 101 cm³/mol. The zero-order valence-corrected chi connectivity index (χ0v) is 16.8. The maximum absolute atomic E-state index is 10.0. The Morgan fingerprint density at radius 3 is 2.12 bits per heavy atom. The van der Waals surface area contributed by atoms with E-state index < -0.39 is 0 Å². The van der Waals surface area contributed by atoms with E-state index in [9.17, 15) is 5.11 Å². The van der Waals surface area contributed by atoms with Crippen LogP contribution in [0.2, 0.25) is 0 Å². The van der Waals surface area contributed by atoms with Gasteiger partial charge in [-0.3, -0.25) is 0 Å². The third-order valence-electron chi connectivity index (χ3n) is 4.84. The van der Waals surface area contributed by atoms with Gasteiger partial charge in [0.1, 0.15) is 12.6 Å². The molecule has 140 valence electrons. The van der Waals surface area contributed by atoms with Crippen molar-refractivity contribution in [2.24, 2.45) is 0 Å². The molecule has 0 fully saturated rings. The molecule has 3 nitrogen and oxygen atoms in total. The number of hydrogen-bond acceptors (Lipinski definition) is 2. The van der Waals surface area contributed by atoms with E-state index in [1.165, 1.54) is 44.3 Å². The second kappa shape index (κ2) is 11.7. The smallest absolute Gasteiger partial charge is 0.105 e. The van der Waals surface area contributed by atoms with Crippen molar-refractivity contribution in [1.29, 1.82) is 0 Å². The normalized spacial score (nSPS) is 12.7. The van der Waals surface area contributed by atoms with E-state index in [1.807, 2.05) is 6.92 Å². The van der Waals surface area contributed by atoms with E-state index in [0.29, 0.717) is 0 Å². The zero-order chi connectivity index (χ0) is 17.3. The van der Waals surface area contributed by atoms with Gasteiger partial charge in [0.05, 0.1) is 19.6 Å². The van der Waals surface area contributed by atoms with Crippen LogP contribution in [0.4, 0.5) is 5.69 Å². The molecule has 1 aromatic rings. The predicted octanol–water partition coefficient (Wildman–Crippen LogP) is 0.922. The Balaban J connectivity index is 0.00000529. The van der Waals surface area contributed by atoms with Crippen molar-refractivity contribution in [2.45, 2.75) is 65.9 Å². The van der Waals surface area contributed by atoms with Crippen LogP contribution in [0.15, 0.2) is 18.2 Å². The summed E-state index contributed by atoms with van der Waals surface area (Å²) in [5, 5.41) is 10.0. The molecule has 3 N–H and O–H groups in total. The Labute approximate surface area is 155 Å². The number of nitrogens with zero attached hydrogens (tertiary/aromatic N) is 1. The molecule has 0 aliphatic rings. The first-order valence-corrected chi connectivity index (χ1v) is 9.30. The molecule has 0 saturated carbocycles. The number of anilines is 1. The minimum atomic E-state index is -0.244. The molecule has 1 atom stereocenters. The van der Waals surface area contributed by atoms with E-state index in [-0.39, 0.29) is 18.5 Å². The van der Waals surface area contributed by atoms with Crippen molar-refractivity contribution in [3.8, 4) is 0 Å². The molecule has 0 radical (unpaired) electrons. The monoisotopic (exact) mass is 356 g/mol. The Morgan fingerprint density at radius 2 is 1.67 bits per heavy atom. The maximum Gasteiger partial charge on any atom is 0.105 e. The van der Waals surface area contributed by atoms with Gasteiger partial charge in [0.2, 0.25) is 0 Å². The Kier molecular flexibility index (Phi) is 11.4. The summed E-state index contributed by atoms with van der Waals surface area (Å²) >= 11 is 0. The number of benzene rings is 1. The minimum absolute atomic E-state index is 0. The first-order chi connectivity index (χ1) is 10.9. The van der Waals surface area contributed by atoms with Gasteiger partial charge in [-0.1, -0.05) is 38.8 Å². The maximum atomic E-state index is 10.0. The number of quaternary nitrogens is 1. The lowest BCUT2D eigenvalue weighted by Gasteiger charge is -2.40. The molecule has 0 aromatic heterocycles. The summed E-state index contributed by atoms with van der Waals surface area (Å²) in [6.07, 6.45) is 5.67. The SMILES string of the molecule is CCCC[N+](CCCC)(CCc1ccc(C)c(N)c1)CC(C)O.[Cl-]. The van der Waals surface area contributed by atoms with Crippen LogP contribution in [-0.4, -0.2) is 41.9 Å². The average Bonchev–Trinajstić information content (AvgIpc) is 2.51. The van der Waals surface area contributed by atoms with E-state index in [2.05, 4.69) is 39.0 Å². The minimum Gasteiger partial charge on any atom is -1.00 e. The highest BCUT2D eigenvalue weighted by Gasteiger charge is 2.28. The molecule has 4 heteroatoms. The van der Waals surface area contributed by atoms with Crippen LogP contribution >= 0.6 is 0 Å². The number of nitrogen functional groups attached to an aromatic ring is 1. The zero-order valence-electron chi connectivity index (χ0n) is 16.0. The molecule has 0 amide bonds. The van der Waals surface area contributed by atoms with Gasteiger partial charge in [-0.2, -0.15) is 0 Å². The first kappa shape index (κ1) is 23.2. The fourth-order valence-corrected chi connectivity index (χ4v) is 3.37. The van der Waals surface area contributed by atoms with Gasteiger partial charge in [0.25, 0.3) is 0 Å². The second-order valence-corrected chi connectivity index (χ2v) is 7.19. The van der Waals surface area contributed by atoms with Gasteiger partial charge in [-0.25, -0.2) is 0 Å². The molecule has 0 saturated heterocycles. The van der Waals surface area contributed by atoms with Crippen molar-refractivity contribution in [1.82, 2.24) is 0 Å². The van der Waals surface area contributed by atoms with Gasteiger partial charge >= 0.3 is 0 Å². The van der Waals surface area contributed by atoms with Crippen LogP contribution in [-0.2, 0) is 6.42 Å². The lowest BCUT2D eigenvalue weighted by molar-refractivity contribution is -0.931. The Morgan fingerprint density at radius 1 is 1.08 bits per heavy atom. The molecule has 1 unspecified atom stereocenters. The molecular formula is C20H37ClN2O. The van der Waals surface area contributed by atoms with Crippen LogP contribution in [0.3, 0.4) is 0 Å². The van der Waals surface area contributed by atoms with Crippen LogP contribution in [0.1, 0.15) is 57.6 Å². The van der Waals surface area contributed by atoms with Gasteiger partial charge in [0, 0.05) is 12.1 Å². The van der Waals surface area contributed by atoms with E-state index in [1.54, 1.807) is 0 Å². The standard InChI is InChI=1S/C20H37N2O.ClH/c1-5-7-12-22(13-8-6-2,16-18(4)23)14-11-19-10-9-17(3)20(21)15-19;/h9-10,15,18,23H,5-8,11-14,16,21H2,1-4H3;1H/q+1;/p-1. The summed E-state index contributed by atoms with van der Waals surface area (Å²) in [5.74, 6) is 0. The lowest BCUT2D eigenvalue weighted by atomic mass is 10.1. The summed E-state index contributed by atoms with van der Waals surface area (Å²) in [5.41, 5.74) is 9.41. The van der Waals surface area contributed by atoms with Gasteiger partial charge in [0.15, 0.2) is 0 Å². The lowest BCUT2D eigenvalue weighted by Crippen LogP contribution is -3.00. The quantitative estimate of drug-likeness (QED) is 0.457. The van der Waals surface area contributed by atoms with Gasteiger partial charge < -0.3 is 27.7 Å². The molecule has 0 heterocycles. The molecule has 0 spiro atoms. The average molecular weight is 357 g/mol. The number of aliphatic hydroxyl groups is 1. The Hall–Kier alpha value is -0.770. The fraction of sp³-hybridized carbons (Fsp3) is 0.700. The summed E-state index contributed by atoms with van der Waals surface area (Å²) in [4.78, 5) is 0. The molecule has 1 rings (SSSR count). The Bertz CT molecular complexity index is 455. The second-order valence-electron chi connectivity index (χ2n) is 7.19. The number of nitrogens with two attached hydrogens (primary N) is 1. The molecule has 0 bridgehead atoms.